The lowest BCUT2D eigenvalue weighted by Gasteiger charge is -2.29. The van der Waals surface area contributed by atoms with Gasteiger partial charge in [-0.2, -0.15) is 0 Å². The van der Waals surface area contributed by atoms with E-state index in [0.717, 1.165) is 12.8 Å². The summed E-state index contributed by atoms with van der Waals surface area (Å²) < 4.78 is 0. The van der Waals surface area contributed by atoms with E-state index in [2.05, 4.69) is 94.0 Å². The van der Waals surface area contributed by atoms with Gasteiger partial charge in [-0.05, 0) is 67.6 Å². The van der Waals surface area contributed by atoms with Crippen LogP contribution >= 0.6 is 0 Å². The van der Waals surface area contributed by atoms with Gasteiger partial charge in [-0.15, -0.1) is 0 Å². The van der Waals surface area contributed by atoms with Crippen molar-refractivity contribution in [1.29, 1.82) is 0 Å². The van der Waals surface area contributed by atoms with Crippen LogP contribution in [-0.2, 0) is 0 Å². The first-order valence-corrected chi connectivity index (χ1v) is 11.4. The van der Waals surface area contributed by atoms with Crippen molar-refractivity contribution in [3.63, 3.8) is 0 Å². The molecule has 0 radical (unpaired) electrons. The molecule has 29 heavy (non-hydrogen) atoms. The van der Waals surface area contributed by atoms with Crippen molar-refractivity contribution in [3.8, 4) is 0 Å². The highest BCUT2D eigenvalue weighted by Crippen LogP contribution is 2.38. The van der Waals surface area contributed by atoms with Gasteiger partial charge >= 0.3 is 0 Å². The molecule has 1 unspecified atom stereocenters. The summed E-state index contributed by atoms with van der Waals surface area (Å²) in [5, 5.41) is 0. The zero-order valence-corrected chi connectivity index (χ0v) is 20.8. The molecular weight excluding hydrogens is 350 g/mol. The normalized spacial score (nSPS) is 15.0. The SMILES string of the molecule is C=Cc1cccc(C)c1/C(C(CC(C)CC)=NC(C)C)=C(/CC(C)(C)C)C(C)C. The molecule has 1 nitrogen and oxygen atoms in total. The predicted octanol–water partition coefficient (Wildman–Crippen LogP) is 8.77. The van der Waals surface area contributed by atoms with Crippen molar-refractivity contribution < 1.29 is 0 Å². The molecule has 0 saturated carbocycles. The first-order chi connectivity index (χ1) is 13.4. The van der Waals surface area contributed by atoms with Crippen molar-refractivity contribution in [2.45, 2.75) is 94.5 Å². The van der Waals surface area contributed by atoms with E-state index < -0.39 is 0 Å². The molecule has 0 aliphatic rings. The van der Waals surface area contributed by atoms with Crippen molar-refractivity contribution in [2.24, 2.45) is 22.2 Å². The average molecular weight is 396 g/mol. The third kappa shape index (κ3) is 7.61. The average Bonchev–Trinajstić information content (AvgIpc) is 2.60. The number of hydrogen-bond donors (Lipinski definition) is 0. The van der Waals surface area contributed by atoms with Gasteiger partial charge in [0.15, 0.2) is 0 Å². The summed E-state index contributed by atoms with van der Waals surface area (Å²) in [6, 6.07) is 6.84. The van der Waals surface area contributed by atoms with E-state index in [9.17, 15) is 0 Å². The summed E-state index contributed by atoms with van der Waals surface area (Å²) >= 11 is 0. The van der Waals surface area contributed by atoms with E-state index >= 15 is 0 Å². The lowest BCUT2D eigenvalue weighted by Crippen LogP contribution is -2.18. The van der Waals surface area contributed by atoms with Gasteiger partial charge in [-0.25, -0.2) is 0 Å². The van der Waals surface area contributed by atoms with Crippen molar-refractivity contribution in [2.75, 3.05) is 0 Å². The summed E-state index contributed by atoms with van der Waals surface area (Å²) in [6.07, 6.45) is 5.27. The zero-order valence-electron chi connectivity index (χ0n) is 20.8. The van der Waals surface area contributed by atoms with Crippen LogP contribution in [0.3, 0.4) is 0 Å². The largest absolute Gasteiger partial charge is 0.286 e. The molecule has 1 heteroatoms. The highest BCUT2D eigenvalue weighted by Gasteiger charge is 2.25. The molecule has 0 saturated heterocycles. The summed E-state index contributed by atoms with van der Waals surface area (Å²) in [4.78, 5) is 5.22. The molecule has 1 aromatic carbocycles. The van der Waals surface area contributed by atoms with Crippen LogP contribution in [-0.4, -0.2) is 11.8 Å². The van der Waals surface area contributed by atoms with Gasteiger partial charge in [0, 0.05) is 17.3 Å². The number of nitrogens with zero attached hydrogens (tertiary/aromatic N) is 1. The Morgan fingerprint density at radius 3 is 2.17 bits per heavy atom. The summed E-state index contributed by atoms with van der Waals surface area (Å²) in [5.41, 5.74) is 8.27. The molecule has 0 aromatic heterocycles. The molecular formula is C28H45N. The third-order valence-corrected chi connectivity index (χ3v) is 5.46. The van der Waals surface area contributed by atoms with E-state index in [1.54, 1.807) is 0 Å². The minimum Gasteiger partial charge on any atom is -0.286 e. The number of allylic oxidation sites excluding steroid dienone is 2. The summed E-state index contributed by atoms with van der Waals surface area (Å²) in [6.45, 7) is 27.1. The number of hydrogen-bond acceptors (Lipinski definition) is 1. The molecule has 0 aliphatic carbocycles. The Kier molecular flexibility index (Phi) is 9.59. The minimum atomic E-state index is 0.223. The highest BCUT2D eigenvalue weighted by atomic mass is 14.8. The van der Waals surface area contributed by atoms with E-state index in [1.165, 1.54) is 40.0 Å². The van der Waals surface area contributed by atoms with Gasteiger partial charge in [0.05, 0.1) is 0 Å². The topological polar surface area (TPSA) is 12.4 Å². The van der Waals surface area contributed by atoms with Crippen LogP contribution in [0.2, 0.25) is 0 Å². The quantitative estimate of drug-likeness (QED) is 0.370. The number of benzene rings is 1. The number of aliphatic imine (C=N–C) groups is 1. The lowest BCUT2D eigenvalue weighted by atomic mass is 9.76. The first-order valence-electron chi connectivity index (χ1n) is 11.4. The van der Waals surface area contributed by atoms with Gasteiger partial charge in [-0.1, -0.05) is 91.3 Å². The van der Waals surface area contributed by atoms with Crippen LogP contribution in [0.1, 0.15) is 98.3 Å². The first kappa shape index (κ1) is 25.4. The van der Waals surface area contributed by atoms with Crippen molar-refractivity contribution >= 4 is 17.4 Å². The van der Waals surface area contributed by atoms with E-state index in [0.29, 0.717) is 11.8 Å². The fraction of sp³-hybridized carbons (Fsp3) is 0.607. The lowest BCUT2D eigenvalue weighted by molar-refractivity contribution is 0.395. The van der Waals surface area contributed by atoms with Crippen LogP contribution in [0.25, 0.3) is 11.6 Å². The van der Waals surface area contributed by atoms with Gasteiger partial charge in [0.1, 0.15) is 0 Å². The van der Waals surface area contributed by atoms with Crippen molar-refractivity contribution in [1.82, 2.24) is 0 Å². The van der Waals surface area contributed by atoms with E-state index in [-0.39, 0.29) is 11.5 Å². The smallest absolute Gasteiger partial charge is 0.0446 e. The Balaban J connectivity index is 4.00. The van der Waals surface area contributed by atoms with Crippen LogP contribution in [0.4, 0.5) is 0 Å². The maximum atomic E-state index is 5.22. The van der Waals surface area contributed by atoms with Crippen molar-refractivity contribution in [3.05, 3.63) is 47.0 Å². The Hall–Kier alpha value is -1.63. The Morgan fingerprint density at radius 2 is 1.72 bits per heavy atom. The maximum Gasteiger partial charge on any atom is 0.0446 e. The Bertz CT molecular complexity index is 738. The molecule has 0 aliphatic heterocycles. The Labute approximate surface area is 181 Å². The van der Waals surface area contributed by atoms with Gasteiger partial charge in [0.25, 0.3) is 0 Å². The van der Waals surface area contributed by atoms with E-state index in [1.807, 2.05) is 6.08 Å². The van der Waals surface area contributed by atoms with Crippen LogP contribution in [0.5, 0.6) is 0 Å². The van der Waals surface area contributed by atoms with Gasteiger partial charge in [0.2, 0.25) is 0 Å². The number of aryl methyl sites for hydroxylation is 1. The number of rotatable bonds is 9. The molecule has 0 spiro atoms. The monoisotopic (exact) mass is 395 g/mol. The second kappa shape index (κ2) is 11.0. The predicted molar refractivity (Wildman–Crippen MR) is 134 cm³/mol. The molecule has 0 N–H and O–H groups in total. The molecule has 0 amide bonds. The highest BCUT2D eigenvalue weighted by molar-refractivity contribution is 6.26. The molecule has 1 rings (SSSR count). The standard InChI is InChI=1S/C28H45N/c1-12-21(7)17-25(29-20(5)6)27(24(19(3)4)18-28(9,10)11)26-22(8)15-14-16-23(26)13-2/h13-16,19-21H,2,12,17-18H2,1,3-11H3/b27-24-,29-25?. The molecule has 0 heterocycles. The Morgan fingerprint density at radius 1 is 1.10 bits per heavy atom. The zero-order chi connectivity index (χ0) is 22.4. The fourth-order valence-electron chi connectivity index (χ4n) is 3.85. The maximum absolute atomic E-state index is 5.22. The van der Waals surface area contributed by atoms with Crippen LogP contribution in [0, 0.1) is 24.2 Å². The summed E-state index contributed by atoms with van der Waals surface area (Å²) in [7, 11) is 0. The molecule has 162 valence electrons. The molecule has 1 atom stereocenters. The molecule has 0 bridgehead atoms. The van der Waals surface area contributed by atoms with Gasteiger partial charge < -0.3 is 0 Å². The second-order valence-electron chi connectivity index (χ2n) is 10.4. The second-order valence-corrected chi connectivity index (χ2v) is 10.4. The minimum absolute atomic E-state index is 0.223. The van der Waals surface area contributed by atoms with Crippen LogP contribution in [0.15, 0.2) is 35.3 Å². The van der Waals surface area contributed by atoms with Gasteiger partial charge in [-0.3, -0.25) is 4.99 Å². The van der Waals surface area contributed by atoms with Crippen LogP contribution < -0.4 is 0 Å². The summed E-state index contributed by atoms with van der Waals surface area (Å²) in [5.74, 6) is 1.08. The molecule has 1 aromatic rings. The third-order valence-electron chi connectivity index (χ3n) is 5.46. The fourth-order valence-corrected chi connectivity index (χ4v) is 3.85. The molecule has 0 fully saturated rings. The van der Waals surface area contributed by atoms with E-state index in [4.69, 9.17) is 4.99 Å².